The van der Waals surface area contributed by atoms with Crippen molar-refractivity contribution < 1.29 is 31.3 Å². The summed E-state index contributed by atoms with van der Waals surface area (Å²) in [5.74, 6) is -0.412. The van der Waals surface area contributed by atoms with Gasteiger partial charge in [0.2, 0.25) is 5.91 Å². The van der Waals surface area contributed by atoms with Crippen molar-refractivity contribution in [2.75, 3.05) is 36.0 Å². The SMILES string of the molecule is CCCCN(C(=O)C1CCN(c2ccc(C(F)(F)F)cc2[N+](=O)[O-])CC1)C1CCS(=O)(=O)C1. The van der Waals surface area contributed by atoms with Crippen molar-refractivity contribution in [1.29, 1.82) is 0 Å². The van der Waals surface area contributed by atoms with Crippen molar-refractivity contribution >= 4 is 27.1 Å². The number of anilines is 1. The number of unbranched alkanes of at least 4 members (excludes halogenated alkanes) is 1. The van der Waals surface area contributed by atoms with Gasteiger partial charge in [0, 0.05) is 37.7 Å². The van der Waals surface area contributed by atoms with Gasteiger partial charge in [-0.1, -0.05) is 13.3 Å². The minimum absolute atomic E-state index is 0.0287. The highest BCUT2D eigenvalue weighted by Crippen LogP contribution is 2.38. The van der Waals surface area contributed by atoms with Crippen LogP contribution in [0.3, 0.4) is 0 Å². The van der Waals surface area contributed by atoms with E-state index in [1.54, 1.807) is 9.80 Å². The fraction of sp³-hybridized carbons (Fsp3) is 0.667. The molecule has 12 heteroatoms. The van der Waals surface area contributed by atoms with Crippen molar-refractivity contribution in [1.82, 2.24) is 4.90 Å². The van der Waals surface area contributed by atoms with Crippen LogP contribution < -0.4 is 4.90 Å². The summed E-state index contributed by atoms with van der Waals surface area (Å²) in [6.07, 6.45) is -1.86. The molecule has 184 valence electrons. The third-order valence-corrected chi connectivity index (χ3v) is 8.12. The van der Waals surface area contributed by atoms with E-state index in [4.69, 9.17) is 0 Å². The van der Waals surface area contributed by atoms with Gasteiger partial charge < -0.3 is 9.80 Å². The summed E-state index contributed by atoms with van der Waals surface area (Å²) in [5, 5.41) is 11.4. The first kappa shape index (κ1) is 25.3. The smallest absolute Gasteiger partial charge is 0.366 e. The molecule has 0 radical (unpaired) electrons. The van der Waals surface area contributed by atoms with E-state index in [-0.39, 0.29) is 48.1 Å². The minimum Gasteiger partial charge on any atom is -0.366 e. The van der Waals surface area contributed by atoms with Crippen molar-refractivity contribution in [3.05, 3.63) is 33.9 Å². The molecule has 0 aliphatic carbocycles. The van der Waals surface area contributed by atoms with E-state index in [1.165, 1.54) is 0 Å². The molecule has 1 atom stereocenters. The van der Waals surface area contributed by atoms with Gasteiger partial charge in [-0.25, -0.2) is 8.42 Å². The fourth-order valence-electron chi connectivity index (χ4n) is 4.54. The Morgan fingerprint density at radius 1 is 1.24 bits per heavy atom. The van der Waals surface area contributed by atoms with Gasteiger partial charge in [0.05, 0.1) is 22.0 Å². The summed E-state index contributed by atoms with van der Waals surface area (Å²) in [7, 11) is -3.15. The van der Waals surface area contributed by atoms with E-state index < -0.39 is 32.2 Å². The Kier molecular flexibility index (Phi) is 7.55. The zero-order valence-corrected chi connectivity index (χ0v) is 19.2. The molecule has 2 saturated heterocycles. The third-order valence-electron chi connectivity index (χ3n) is 6.37. The first-order chi connectivity index (χ1) is 15.4. The second-order valence-electron chi connectivity index (χ2n) is 8.66. The van der Waals surface area contributed by atoms with Crippen LogP contribution in [0, 0.1) is 16.0 Å². The zero-order chi connectivity index (χ0) is 24.4. The predicted molar refractivity (Wildman–Crippen MR) is 117 cm³/mol. The maximum absolute atomic E-state index is 13.3. The van der Waals surface area contributed by atoms with Gasteiger partial charge in [-0.2, -0.15) is 13.2 Å². The highest BCUT2D eigenvalue weighted by molar-refractivity contribution is 7.91. The zero-order valence-electron chi connectivity index (χ0n) is 18.4. The number of hydrogen-bond donors (Lipinski definition) is 0. The van der Waals surface area contributed by atoms with E-state index in [1.807, 2.05) is 6.92 Å². The van der Waals surface area contributed by atoms with Crippen LogP contribution in [-0.4, -0.2) is 61.3 Å². The van der Waals surface area contributed by atoms with Crippen LogP contribution in [0.4, 0.5) is 24.5 Å². The number of hydrogen-bond acceptors (Lipinski definition) is 6. The average molecular weight is 492 g/mol. The number of alkyl halides is 3. The van der Waals surface area contributed by atoms with Crippen LogP contribution in [0.15, 0.2) is 18.2 Å². The Balaban J connectivity index is 1.72. The normalized spacial score (nSPS) is 21.2. The summed E-state index contributed by atoms with van der Waals surface area (Å²) in [6, 6.07) is 2.15. The Morgan fingerprint density at radius 3 is 2.42 bits per heavy atom. The number of nitro benzene ring substituents is 1. The van der Waals surface area contributed by atoms with E-state index in [9.17, 15) is 36.5 Å². The Labute approximate surface area is 190 Å². The highest BCUT2D eigenvalue weighted by atomic mass is 32.2. The number of carbonyl (C=O) groups is 1. The molecule has 1 amide bonds. The molecular formula is C21H28F3N3O5S. The maximum Gasteiger partial charge on any atom is 0.416 e. The standard InChI is InChI=1S/C21H28F3N3O5S/c1-2-3-9-26(17-8-12-33(31,32)14-17)20(28)15-6-10-25(11-7-15)18-5-4-16(21(22,23)24)13-19(18)27(29)30/h4-5,13,15,17H,2-3,6-12,14H2,1H3. The average Bonchev–Trinajstić information content (AvgIpc) is 3.12. The summed E-state index contributed by atoms with van der Waals surface area (Å²) in [4.78, 5) is 27.2. The van der Waals surface area contributed by atoms with Gasteiger partial charge in [0.1, 0.15) is 5.69 Å². The summed E-state index contributed by atoms with van der Waals surface area (Å²) >= 11 is 0. The van der Waals surface area contributed by atoms with Gasteiger partial charge in [0.15, 0.2) is 9.84 Å². The van der Waals surface area contributed by atoms with Crippen molar-refractivity contribution in [2.45, 2.75) is 51.2 Å². The number of amides is 1. The molecule has 0 saturated carbocycles. The van der Waals surface area contributed by atoms with Crippen LogP contribution in [-0.2, 0) is 20.8 Å². The van der Waals surface area contributed by atoms with Gasteiger partial charge in [-0.05, 0) is 37.8 Å². The van der Waals surface area contributed by atoms with Gasteiger partial charge in [-0.15, -0.1) is 0 Å². The molecule has 0 N–H and O–H groups in total. The molecule has 0 spiro atoms. The number of piperidine rings is 1. The summed E-state index contributed by atoms with van der Waals surface area (Å²) < 4.78 is 62.8. The first-order valence-corrected chi connectivity index (χ1v) is 12.9. The molecule has 0 bridgehead atoms. The van der Waals surface area contributed by atoms with Gasteiger partial charge in [-0.3, -0.25) is 14.9 Å². The van der Waals surface area contributed by atoms with Crippen LogP contribution in [0.25, 0.3) is 0 Å². The number of rotatable bonds is 7. The minimum atomic E-state index is -4.68. The molecule has 3 rings (SSSR count). The predicted octanol–water partition coefficient (Wildman–Crippen LogP) is 3.65. The number of halogens is 3. The number of nitro groups is 1. The summed E-state index contributed by atoms with van der Waals surface area (Å²) in [6.45, 7) is 3.05. The third kappa shape index (κ3) is 5.96. The Hall–Kier alpha value is -2.37. The molecule has 1 aromatic rings. The van der Waals surface area contributed by atoms with Crippen molar-refractivity contribution in [2.24, 2.45) is 5.92 Å². The lowest BCUT2D eigenvalue weighted by Crippen LogP contribution is -2.47. The van der Waals surface area contributed by atoms with Gasteiger partial charge in [0.25, 0.3) is 5.69 Å². The van der Waals surface area contributed by atoms with E-state index in [0.717, 1.165) is 25.0 Å². The quantitative estimate of drug-likeness (QED) is 0.426. The van der Waals surface area contributed by atoms with E-state index in [0.29, 0.717) is 31.9 Å². The molecule has 8 nitrogen and oxygen atoms in total. The lowest BCUT2D eigenvalue weighted by atomic mass is 9.93. The molecule has 0 aromatic heterocycles. The number of nitrogens with zero attached hydrogens (tertiary/aromatic N) is 3. The second kappa shape index (κ2) is 9.86. The number of benzene rings is 1. The van der Waals surface area contributed by atoms with Crippen LogP contribution in [0.2, 0.25) is 0 Å². The van der Waals surface area contributed by atoms with Gasteiger partial charge >= 0.3 is 6.18 Å². The molecule has 1 aromatic carbocycles. The second-order valence-corrected chi connectivity index (χ2v) is 10.9. The van der Waals surface area contributed by atoms with E-state index >= 15 is 0 Å². The Bertz CT molecular complexity index is 991. The Morgan fingerprint density at radius 2 is 1.91 bits per heavy atom. The molecule has 2 aliphatic heterocycles. The lowest BCUT2D eigenvalue weighted by Gasteiger charge is -2.37. The first-order valence-electron chi connectivity index (χ1n) is 11.0. The molecule has 33 heavy (non-hydrogen) atoms. The summed E-state index contributed by atoms with van der Waals surface area (Å²) in [5.41, 5.74) is -1.60. The monoisotopic (exact) mass is 491 g/mol. The topological polar surface area (TPSA) is 101 Å². The van der Waals surface area contributed by atoms with Crippen LogP contribution in [0.1, 0.15) is 44.6 Å². The molecule has 2 fully saturated rings. The van der Waals surface area contributed by atoms with Crippen LogP contribution >= 0.6 is 0 Å². The highest BCUT2D eigenvalue weighted by Gasteiger charge is 2.38. The molecular weight excluding hydrogens is 463 g/mol. The lowest BCUT2D eigenvalue weighted by molar-refractivity contribution is -0.384. The molecule has 2 heterocycles. The molecule has 2 aliphatic rings. The molecule has 1 unspecified atom stereocenters. The largest absolute Gasteiger partial charge is 0.416 e. The van der Waals surface area contributed by atoms with Crippen molar-refractivity contribution in [3.8, 4) is 0 Å². The number of carbonyl (C=O) groups excluding carboxylic acids is 1. The van der Waals surface area contributed by atoms with Crippen molar-refractivity contribution in [3.63, 3.8) is 0 Å². The van der Waals surface area contributed by atoms with Crippen LogP contribution in [0.5, 0.6) is 0 Å². The fourth-order valence-corrected chi connectivity index (χ4v) is 6.27. The maximum atomic E-state index is 13.3. The number of sulfone groups is 1. The van der Waals surface area contributed by atoms with E-state index in [2.05, 4.69) is 0 Å².